The highest BCUT2D eigenvalue weighted by Crippen LogP contribution is 2.32. The van der Waals surface area contributed by atoms with Gasteiger partial charge in [0.1, 0.15) is 42.9 Å². The molecule has 31 heavy (non-hydrogen) atoms. The summed E-state index contributed by atoms with van der Waals surface area (Å²) in [5.74, 6) is 0.0655. The summed E-state index contributed by atoms with van der Waals surface area (Å²) in [4.78, 5) is 0. The monoisotopic (exact) mass is 450 g/mol. The second kappa shape index (κ2) is 9.91. The molecule has 0 aromatic carbocycles. The van der Waals surface area contributed by atoms with Crippen molar-refractivity contribution in [2.75, 3.05) is 6.61 Å². The quantitative estimate of drug-likeness (QED) is 0.184. The minimum absolute atomic E-state index is 0.0655. The van der Waals surface area contributed by atoms with E-state index in [1.807, 2.05) is 0 Å². The van der Waals surface area contributed by atoms with Gasteiger partial charge in [0.2, 0.25) is 6.29 Å². The maximum Gasteiger partial charge on any atom is 0.218 e. The van der Waals surface area contributed by atoms with Crippen LogP contribution in [0.3, 0.4) is 0 Å². The zero-order chi connectivity index (χ0) is 23.0. The summed E-state index contributed by atoms with van der Waals surface area (Å²) in [6, 6.07) is -3.09. The molecule has 0 radical (unpaired) electrons. The van der Waals surface area contributed by atoms with Crippen LogP contribution in [0.4, 0.5) is 0 Å². The molecule has 2 fully saturated rings. The molecule has 1 saturated heterocycles. The lowest BCUT2D eigenvalue weighted by atomic mass is 9.84. The van der Waals surface area contributed by atoms with Crippen molar-refractivity contribution in [2.45, 2.75) is 92.8 Å². The van der Waals surface area contributed by atoms with Gasteiger partial charge >= 0.3 is 0 Å². The van der Waals surface area contributed by atoms with Crippen LogP contribution in [-0.2, 0) is 18.9 Å². The van der Waals surface area contributed by atoms with E-state index in [9.17, 15) is 25.5 Å². The number of hydrogen-bond donors (Lipinski definition) is 9. The molecule has 0 amide bonds. The molecule has 3 rings (SSSR count). The largest absolute Gasteiger partial charge is 0.465 e. The van der Waals surface area contributed by atoms with E-state index in [0.29, 0.717) is 0 Å². The van der Waals surface area contributed by atoms with Crippen LogP contribution in [0.5, 0.6) is 0 Å². The van der Waals surface area contributed by atoms with E-state index in [1.165, 1.54) is 6.08 Å². The summed E-state index contributed by atoms with van der Waals surface area (Å²) in [5, 5.41) is 50.6. The van der Waals surface area contributed by atoms with Crippen molar-refractivity contribution in [1.29, 1.82) is 0 Å². The number of aliphatic hydroxyl groups is 5. The van der Waals surface area contributed by atoms with Crippen molar-refractivity contribution in [3.05, 3.63) is 11.8 Å². The van der Waals surface area contributed by atoms with E-state index < -0.39 is 86.1 Å². The standard InChI is InChI=1S/C18H34N4O9/c1-5(19)14-12(26)13(27)18(29-14)31-16-11(25)7(20)3-8(21)15(16)30-17-10(22)9(24)2-6(4-23)28-17/h2,5,7-18,23-27H,3-4,19-22H2,1H3/t5-,7+,8?,9?,10?,11+,12?,13?,14+,15+,16?,17+,18-/m0/s1. The van der Waals surface area contributed by atoms with Crippen molar-refractivity contribution in [3.8, 4) is 0 Å². The lowest BCUT2D eigenvalue weighted by molar-refractivity contribution is -0.275. The van der Waals surface area contributed by atoms with E-state index in [-0.39, 0.29) is 12.2 Å². The minimum atomic E-state index is -1.43. The summed E-state index contributed by atoms with van der Waals surface area (Å²) in [6.45, 7) is 1.13. The van der Waals surface area contributed by atoms with E-state index in [2.05, 4.69) is 0 Å². The maximum absolute atomic E-state index is 10.7. The van der Waals surface area contributed by atoms with Gasteiger partial charge in [-0.1, -0.05) is 0 Å². The van der Waals surface area contributed by atoms with Gasteiger partial charge in [0, 0.05) is 18.1 Å². The van der Waals surface area contributed by atoms with Crippen LogP contribution in [-0.4, -0.2) is 112 Å². The first-order valence-corrected chi connectivity index (χ1v) is 10.2. The topological polar surface area (TPSA) is 242 Å². The normalized spacial score (nSPS) is 49.4. The number of hydrogen-bond acceptors (Lipinski definition) is 13. The highest BCUT2D eigenvalue weighted by Gasteiger charge is 2.51. The van der Waals surface area contributed by atoms with Gasteiger partial charge in [-0.15, -0.1) is 0 Å². The first-order valence-electron chi connectivity index (χ1n) is 10.2. The predicted octanol–water partition coefficient (Wildman–Crippen LogP) is -5.11. The Labute approximate surface area is 179 Å². The Balaban J connectivity index is 1.78. The summed E-state index contributed by atoms with van der Waals surface area (Å²) in [6.07, 6.45) is -9.32. The van der Waals surface area contributed by atoms with E-state index in [0.717, 1.165) is 0 Å². The summed E-state index contributed by atoms with van der Waals surface area (Å²) in [7, 11) is 0. The molecule has 2 aliphatic heterocycles. The second-order valence-corrected chi connectivity index (χ2v) is 8.41. The van der Waals surface area contributed by atoms with Crippen molar-refractivity contribution >= 4 is 0 Å². The van der Waals surface area contributed by atoms with Crippen molar-refractivity contribution in [3.63, 3.8) is 0 Å². The van der Waals surface area contributed by atoms with Gasteiger partial charge in [-0.25, -0.2) is 0 Å². The van der Waals surface area contributed by atoms with E-state index in [4.69, 9.17) is 41.9 Å². The predicted molar refractivity (Wildman–Crippen MR) is 105 cm³/mol. The van der Waals surface area contributed by atoms with E-state index >= 15 is 0 Å². The molecule has 13 atom stereocenters. The lowest BCUT2D eigenvalue weighted by Crippen LogP contribution is -2.65. The molecule has 13 N–H and O–H groups in total. The molecule has 0 spiro atoms. The Kier molecular flexibility index (Phi) is 7.89. The fourth-order valence-corrected chi connectivity index (χ4v) is 4.07. The molecule has 180 valence electrons. The number of rotatable bonds is 6. The third kappa shape index (κ3) is 5.03. The fourth-order valence-electron chi connectivity index (χ4n) is 4.07. The zero-order valence-electron chi connectivity index (χ0n) is 17.2. The van der Waals surface area contributed by atoms with Crippen LogP contribution in [0.25, 0.3) is 0 Å². The molecule has 1 saturated carbocycles. The van der Waals surface area contributed by atoms with Crippen LogP contribution in [0.15, 0.2) is 11.8 Å². The highest BCUT2D eigenvalue weighted by molar-refractivity contribution is 5.07. The second-order valence-electron chi connectivity index (χ2n) is 8.41. The van der Waals surface area contributed by atoms with Crippen molar-refractivity contribution in [2.24, 2.45) is 22.9 Å². The van der Waals surface area contributed by atoms with Gasteiger partial charge in [-0.2, -0.15) is 0 Å². The molecule has 3 aliphatic rings. The molecule has 0 aromatic rings. The van der Waals surface area contributed by atoms with Gasteiger partial charge in [0.25, 0.3) is 0 Å². The molecule has 0 aromatic heterocycles. The van der Waals surface area contributed by atoms with Crippen LogP contribution in [0.1, 0.15) is 13.3 Å². The molecule has 13 nitrogen and oxygen atoms in total. The van der Waals surface area contributed by atoms with Crippen LogP contribution in [0.2, 0.25) is 0 Å². The molecule has 6 unspecified atom stereocenters. The summed E-state index contributed by atoms with van der Waals surface area (Å²) >= 11 is 0. The Hall–Kier alpha value is -0.940. The summed E-state index contributed by atoms with van der Waals surface area (Å²) in [5.41, 5.74) is 23.9. The number of nitrogens with two attached hydrogens (primary N) is 4. The fraction of sp³-hybridized carbons (Fsp3) is 0.889. The van der Waals surface area contributed by atoms with Gasteiger partial charge in [-0.3, -0.25) is 0 Å². The molecular formula is C18H34N4O9. The Morgan fingerprint density at radius 3 is 2.23 bits per heavy atom. The smallest absolute Gasteiger partial charge is 0.218 e. The molecule has 13 heteroatoms. The lowest BCUT2D eigenvalue weighted by Gasteiger charge is -2.45. The van der Waals surface area contributed by atoms with Gasteiger partial charge in [-0.05, 0) is 19.4 Å². The Morgan fingerprint density at radius 1 is 1.00 bits per heavy atom. The first kappa shape index (κ1) is 24.7. The zero-order valence-corrected chi connectivity index (χ0v) is 17.2. The third-order valence-corrected chi connectivity index (χ3v) is 5.91. The van der Waals surface area contributed by atoms with Crippen LogP contribution >= 0.6 is 0 Å². The van der Waals surface area contributed by atoms with Gasteiger partial charge in [0.05, 0.1) is 18.2 Å². The average molecular weight is 450 g/mol. The minimum Gasteiger partial charge on any atom is -0.465 e. The number of ether oxygens (including phenoxy) is 4. The first-order chi connectivity index (χ1) is 14.5. The highest BCUT2D eigenvalue weighted by atomic mass is 16.7. The SMILES string of the molecule is C[C@H](N)[C@H]1O[C@@H](OC2[C@H](O[C@H]3OC(CO)=CC(O)C3N)C(N)C[C@@H](N)[C@H]2O)C(O)C1O. The van der Waals surface area contributed by atoms with E-state index in [1.54, 1.807) is 6.92 Å². The van der Waals surface area contributed by atoms with Crippen molar-refractivity contribution in [1.82, 2.24) is 0 Å². The van der Waals surface area contributed by atoms with Crippen LogP contribution in [0, 0.1) is 0 Å². The van der Waals surface area contributed by atoms with Gasteiger partial charge in [0.15, 0.2) is 6.29 Å². The average Bonchev–Trinajstić information content (AvgIpc) is 3.00. The Morgan fingerprint density at radius 2 is 1.65 bits per heavy atom. The molecule has 0 bridgehead atoms. The number of aliphatic hydroxyl groups excluding tert-OH is 5. The Bertz CT molecular complexity index is 641. The molecular weight excluding hydrogens is 416 g/mol. The summed E-state index contributed by atoms with van der Waals surface area (Å²) < 4.78 is 22.7. The molecule has 1 aliphatic carbocycles. The molecule has 2 heterocycles. The van der Waals surface area contributed by atoms with Crippen molar-refractivity contribution < 1.29 is 44.5 Å². The maximum atomic E-state index is 10.7. The van der Waals surface area contributed by atoms with Gasteiger partial charge < -0.3 is 67.4 Å². The third-order valence-electron chi connectivity index (χ3n) is 5.91. The van der Waals surface area contributed by atoms with Crippen LogP contribution < -0.4 is 22.9 Å².